The van der Waals surface area contributed by atoms with E-state index in [1.165, 1.54) is 0 Å². The number of carbonyl (C=O) groups excluding carboxylic acids is 1. The lowest BCUT2D eigenvalue weighted by atomic mass is 10.2. The Morgan fingerprint density at radius 3 is 2.56 bits per heavy atom. The first-order chi connectivity index (χ1) is 7.35. The minimum atomic E-state index is -0.450. The Morgan fingerprint density at radius 2 is 2.06 bits per heavy atom. The van der Waals surface area contributed by atoms with E-state index >= 15 is 0 Å². The van der Waals surface area contributed by atoms with Gasteiger partial charge in [0.1, 0.15) is 5.60 Å². The molecule has 0 radical (unpaired) electrons. The Hall–Kier alpha value is -1.21. The molecule has 0 bridgehead atoms. The molecule has 1 unspecified atom stereocenters. The van der Waals surface area contributed by atoms with Crippen molar-refractivity contribution in [3.63, 3.8) is 0 Å². The first-order valence-electron chi connectivity index (χ1n) is 5.45. The highest BCUT2D eigenvalue weighted by molar-refractivity contribution is 5.67. The number of rotatable bonds is 4. The molecule has 0 fully saturated rings. The molecule has 0 aliphatic carbocycles. The van der Waals surface area contributed by atoms with E-state index in [1.54, 1.807) is 6.92 Å². The molecule has 1 atom stereocenters. The standard InChI is InChI=1S/C12H22N2O2/c1-6-7-8-13-10(2)9-14-11(15)16-12(3,4)5/h10,13H,8-9H2,1-5H3,(H,14,15). The van der Waals surface area contributed by atoms with Crippen molar-refractivity contribution >= 4 is 6.09 Å². The van der Waals surface area contributed by atoms with Crippen LogP contribution in [0.15, 0.2) is 0 Å². The summed E-state index contributed by atoms with van der Waals surface area (Å²) in [7, 11) is 0. The van der Waals surface area contributed by atoms with E-state index in [4.69, 9.17) is 4.74 Å². The summed E-state index contributed by atoms with van der Waals surface area (Å²) in [5.74, 6) is 5.69. The van der Waals surface area contributed by atoms with Gasteiger partial charge in [0.15, 0.2) is 0 Å². The molecule has 92 valence electrons. The Kier molecular flexibility index (Phi) is 6.59. The van der Waals surface area contributed by atoms with E-state index in [0.717, 1.165) is 0 Å². The Balaban J connectivity index is 3.69. The minimum absolute atomic E-state index is 0.174. The summed E-state index contributed by atoms with van der Waals surface area (Å²) in [6.45, 7) is 10.5. The van der Waals surface area contributed by atoms with Crippen molar-refractivity contribution in [1.82, 2.24) is 10.6 Å². The average Bonchev–Trinajstić information content (AvgIpc) is 2.12. The van der Waals surface area contributed by atoms with E-state index in [1.807, 2.05) is 27.7 Å². The third-order valence-corrected chi connectivity index (χ3v) is 1.67. The summed E-state index contributed by atoms with van der Waals surface area (Å²) in [6.07, 6.45) is -0.386. The summed E-state index contributed by atoms with van der Waals surface area (Å²) in [5, 5.41) is 5.85. The van der Waals surface area contributed by atoms with Crippen LogP contribution in [0, 0.1) is 11.8 Å². The lowest BCUT2D eigenvalue weighted by molar-refractivity contribution is 0.0523. The van der Waals surface area contributed by atoms with Gasteiger partial charge in [-0.15, -0.1) is 5.92 Å². The van der Waals surface area contributed by atoms with E-state index in [0.29, 0.717) is 13.1 Å². The molecule has 0 aromatic carbocycles. The van der Waals surface area contributed by atoms with Crippen LogP contribution in [0.3, 0.4) is 0 Å². The predicted octanol–water partition coefficient (Wildman–Crippen LogP) is 1.51. The number of ether oxygens (including phenoxy) is 1. The van der Waals surface area contributed by atoms with Crippen LogP contribution >= 0.6 is 0 Å². The average molecular weight is 226 g/mol. The maximum atomic E-state index is 11.3. The summed E-state index contributed by atoms with van der Waals surface area (Å²) in [5.41, 5.74) is -0.450. The highest BCUT2D eigenvalue weighted by atomic mass is 16.6. The Bertz CT molecular complexity index is 271. The van der Waals surface area contributed by atoms with Crippen molar-refractivity contribution in [2.45, 2.75) is 46.3 Å². The molecule has 2 N–H and O–H groups in total. The van der Waals surface area contributed by atoms with Crippen LogP contribution in [-0.4, -0.2) is 30.8 Å². The van der Waals surface area contributed by atoms with Gasteiger partial charge in [-0.2, -0.15) is 0 Å². The van der Waals surface area contributed by atoms with Gasteiger partial charge in [-0.25, -0.2) is 4.79 Å². The van der Waals surface area contributed by atoms with E-state index in [-0.39, 0.29) is 12.1 Å². The summed E-state index contributed by atoms with van der Waals surface area (Å²) in [6, 6.07) is 0.174. The maximum Gasteiger partial charge on any atom is 0.407 e. The first-order valence-corrected chi connectivity index (χ1v) is 5.45. The number of hydrogen-bond donors (Lipinski definition) is 2. The van der Waals surface area contributed by atoms with Crippen LogP contribution in [0.5, 0.6) is 0 Å². The number of nitrogens with one attached hydrogen (secondary N) is 2. The molecule has 0 heterocycles. The largest absolute Gasteiger partial charge is 0.444 e. The zero-order chi connectivity index (χ0) is 12.6. The van der Waals surface area contributed by atoms with E-state index in [2.05, 4.69) is 22.5 Å². The van der Waals surface area contributed by atoms with Crippen molar-refractivity contribution in [3.05, 3.63) is 0 Å². The van der Waals surface area contributed by atoms with Crippen LogP contribution < -0.4 is 10.6 Å². The molecule has 0 spiro atoms. The van der Waals surface area contributed by atoms with Gasteiger partial charge in [0.05, 0.1) is 6.54 Å². The molecule has 0 rings (SSSR count). The molecule has 4 nitrogen and oxygen atoms in total. The predicted molar refractivity (Wildman–Crippen MR) is 65.2 cm³/mol. The number of amides is 1. The Labute approximate surface area is 98.1 Å². The molecule has 4 heteroatoms. The molecule has 0 saturated carbocycles. The summed E-state index contributed by atoms with van der Waals surface area (Å²) >= 11 is 0. The number of hydrogen-bond acceptors (Lipinski definition) is 3. The van der Waals surface area contributed by atoms with Crippen molar-refractivity contribution < 1.29 is 9.53 Å². The highest BCUT2D eigenvalue weighted by Gasteiger charge is 2.16. The SMILES string of the molecule is CC#CCNC(C)CNC(=O)OC(C)(C)C. The molecule has 16 heavy (non-hydrogen) atoms. The lowest BCUT2D eigenvalue weighted by Gasteiger charge is -2.20. The van der Waals surface area contributed by atoms with Gasteiger partial charge in [0.25, 0.3) is 0 Å². The third kappa shape index (κ3) is 9.35. The second-order valence-electron chi connectivity index (χ2n) is 4.59. The summed E-state index contributed by atoms with van der Waals surface area (Å²) < 4.78 is 5.11. The van der Waals surface area contributed by atoms with Crippen molar-refractivity contribution in [3.8, 4) is 11.8 Å². The smallest absolute Gasteiger partial charge is 0.407 e. The first kappa shape index (κ1) is 14.8. The molecule has 0 aromatic heterocycles. The molecule has 0 saturated heterocycles. The van der Waals surface area contributed by atoms with Crippen LogP contribution in [0.25, 0.3) is 0 Å². The second kappa shape index (κ2) is 7.13. The second-order valence-corrected chi connectivity index (χ2v) is 4.59. The van der Waals surface area contributed by atoms with Gasteiger partial charge < -0.3 is 15.4 Å². The highest BCUT2D eigenvalue weighted by Crippen LogP contribution is 2.06. The molecular formula is C12H22N2O2. The van der Waals surface area contributed by atoms with Crippen LogP contribution in [0.2, 0.25) is 0 Å². The van der Waals surface area contributed by atoms with Crippen LogP contribution in [0.4, 0.5) is 4.79 Å². The van der Waals surface area contributed by atoms with Crippen molar-refractivity contribution in [2.75, 3.05) is 13.1 Å². The fourth-order valence-corrected chi connectivity index (χ4v) is 0.936. The normalized spacial score (nSPS) is 12.3. The zero-order valence-electron chi connectivity index (χ0n) is 10.8. The Morgan fingerprint density at radius 1 is 1.44 bits per heavy atom. The molecule has 0 aliphatic rings. The molecule has 0 aromatic rings. The fraction of sp³-hybridized carbons (Fsp3) is 0.750. The zero-order valence-corrected chi connectivity index (χ0v) is 10.8. The van der Waals surface area contributed by atoms with E-state index < -0.39 is 5.60 Å². The third-order valence-electron chi connectivity index (χ3n) is 1.67. The monoisotopic (exact) mass is 226 g/mol. The van der Waals surface area contributed by atoms with Gasteiger partial charge in [-0.3, -0.25) is 0 Å². The van der Waals surface area contributed by atoms with Gasteiger partial charge in [-0.1, -0.05) is 5.92 Å². The lowest BCUT2D eigenvalue weighted by Crippen LogP contribution is -2.41. The van der Waals surface area contributed by atoms with Gasteiger partial charge >= 0.3 is 6.09 Å². The molecule has 1 amide bonds. The quantitative estimate of drug-likeness (QED) is 0.714. The van der Waals surface area contributed by atoms with Crippen LogP contribution in [-0.2, 0) is 4.74 Å². The van der Waals surface area contributed by atoms with Gasteiger partial charge in [-0.05, 0) is 34.6 Å². The minimum Gasteiger partial charge on any atom is -0.444 e. The fourth-order valence-electron chi connectivity index (χ4n) is 0.936. The van der Waals surface area contributed by atoms with Crippen LogP contribution in [0.1, 0.15) is 34.6 Å². The van der Waals surface area contributed by atoms with Crippen molar-refractivity contribution in [1.29, 1.82) is 0 Å². The summed E-state index contributed by atoms with van der Waals surface area (Å²) in [4.78, 5) is 11.3. The maximum absolute atomic E-state index is 11.3. The molecule has 0 aliphatic heterocycles. The number of carbonyl (C=O) groups is 1. The van der Waals surface area contributed by atoms with Crippen molar-refractivity contribution in [2.24, 2.45) is 0 Å². The number of alkyl carbamates (subject to hydrolysis) is 1. The van der Waals surface area contributed by atoms with E-state index in [9.17, 15) is 4.79 Å². The van der Waals surface area contributed by atoms with Gasteiger partial charge in [0, 0.05) is 12.6 Å². The van der Waals surface area contributed by atoms with Gasteiger partial charge in [0.2, 0.25) is 0 Å². The molecular weight excluding hydrogens is 204 g/mol. The topological polar surface area (TPSA) is 50.4 Å².